The SMILES string of the molecule is COCCNC(=O)CCNc1cnc(N)cn1. The van der Waals surface area contributed by atoms with E-state index >= 15 is 0 Å². The first-order chi connectivity index (χ1) is 8.22. The van der Waals surface area contributed by atoms with Gasteiger partial charge in [0.25, 0.3) is 0 Å². The van der Waals surface area contributed by atoms with Gasteiger partial charge in [-0.1, -0.05) is 0 Å². The highest BCUT2D eigenvalue weighted by atomic mass is 16.5. The molecule has 1 rings (SSSR count). The summed E-state index contributed by atoms with van der Waals surface area (Å²) >= 11 is 0. The van der Waals surface area contributed by atoms with Gasteiger partial charge in [-0.3, -0.25) is 4.79 Å². The van der Waals surface area contributed by atoms with Crippen LogP contribution in [0, 0.1) is 0 Å². The van der Waals surface area contributed by atoms with Gasteiger partial charge in [0.2, 0.25) is 5.91 Å². The Hall–Kier alpha value is -1.89. The first-order valence-corrected chi connectivity index (χ1v) is 5.29. The molecule has 1 aromatic heterocycles. The Balaban J connectivity index is 2.14. The second-order valence-electron chi connectivity index (χ2n) is 3.35. The van der Waals surface area contributed by atoms with Crippen molar-refractivity contribution in [3.8, 4) is 0 Å². The predicted octanol–water partition coefficient (Wildman–Crippen LogP) is -0.377. The smallest absolute Gasteiger partial charge is 0.221 e. The Labute approximate surface area is 99.8 Å². The van der Waals surface area contributed by atoms with Crippen molar-refractivity contribution in [2.45, 2.75) is 6.42 Å². The fourth-order valence-corrected chi connectivity index (χ4v) is 1.11. The van der Waals surface area contributed by atoms with Crippen LogP contribution in [-0.2, 0) is 9.53 Å². The van der Waals surface area contributed by atoms with E-state index in [1.54, 1.807) is 7.11 Å². The first-order valence-electron chi connectivity index (χ1n) is 5.29. The summed E-state index contributed by atoms with van der Waals surface area (Å²) in [5, 5.41) is 5.69. The van der Waals surface area contributed by atoms with Crippen molar-refractivity contribution in [3.63, 3.8) is 0 Å². The molecule has 0 aliphatic heterocycles. The molecule has 7 heteroatoms. The lowest BCUT2D eigenvalue weighted by atomic mass is 10.4. The molecule has 0 unspecified atom stereocenters. The van der Waals surface area contributed by atoms with E-state index in [-0.39, 0.29) is 5.91 Å². The van der Waals surface area contributed by atoms with Gasteiger partial charge in [-0.05, 0) is 0 Å². The summed E-state index contributed by atoms with van der Waals surface area (Å²) in [7, 11) is 1.59. The largest absolute Gasteiger partial charge is 0.383 e. The fraction of sp³-hybridized carbons (Fsp3) is 0.500. The number of hydrogen-bond acceptors (Lipinski definition) is 6. The van der Waals surface area contributed by atoms with E-state index in [4.69, 9.17) is 10.5 Å². The Morgan fingerprint density at radius 1 is 1.41 bits per heavy atom. The Kier molecular flexibility index (Phi) is 5.73. The molecular weight excluding hydrogens is 222 g/mol. The van der Waals surface area contributed by atoms with Gasteiger partial charge in [0, 0.05) is 26.6 Å². The van der Waals surface area contributed by atoms with Crippen LogP contribution in [0.3, 0.4) is 0 Å². The third-order valence-corrected chi connectivity index (χ3v) is 1.96. The van der Waals surface area contributed by atoms with Crippen LogP contribution >= 0.6 is 0 Å². The van der Waals surface area contributed by atoms with Crippen molar-refractivity contribution in [3.05, 3.63) is 12.4 Å². The van der Waals surface area contributed by atoms with Crippen LogP contribution in [-0.4, -0.2) is 42.7 Å². The van der Waals surface area contributed by atoms with Crippen molar-refractivity contribution in [2.75, 3.05) is 37.9 Å². The molecule has 0 fully saturated rings. The zero-order valence-corrected chi connectivity index (χ0v) is 9.77. The molecule has 0 bridgehead atoms. The third kappa shape index (κ3) is 5.67. The highest BCUT2D eigenvalue weighted by Crippen LogP contribution is 2.01. The molecule has 0 spiro atoms. The summed E-state index contributed by atoms with van der Waals surface area (Å²) in [5.74, 6) is 0.940. The highest BCUT2D eigenvalue weighted by molar-refractivity contribution is 5.76. The van der Waals surface area contributed by atoms with Gasteiger partial charge in [-0.25, -0.2) is 9.97 Å². The lowest BCUT2D eigenvalue weighted by molar-refractivity contribution is -0.121. The number of anilines is 2. The number of carbonyl (C=O) groups excluding carboxylic acids is 1. The molecule has 1 heterocycles. The van der Waals surface area contributed by atoms with Crippen LogP contribution < -0.4 is 16.4 Å². The van der Waals surface area contributed by atoms with Crippen LogP contribution in [0.5, 0.6) is 0 Å². The van der Waals surface area contributed by atoms with E-state index in [9.17, 15) is 4.79 Å². The van der Waals surface area contributed by atoms with Crippen LogP contribution in [0.2, 0.25) is 0 Å². The van der Waals surface area contributed by atoms with Gasteiger partial charge in [-0.15, -0.1) is 0 Å². The second kappa shape index (κ2) is 7.39. The van der Waals surface area contributed by atoms with Gasteiger partial charge >= 0.3 is 0 Å². The summed E-state index contributed by atoms with van der Waals surface area (Å²) in [6, 6.07) is 0. The molecule has 0 aromatic carbocycles. The second-order valence-corrected chi connectivity index (χ2v) is 3.35. The normalized spacial score (nSPS) is 9.94. The van der Waals surface area contributed by atoms with Crippen LogP contribution in [0.4, 0.5) is 11.6 Å². The summed E-state index contributed by atoms with van der Waals surface area (Å²) in [5.41, 5.74) is 5.39. The molecular formula is C10H17N5O2. The molecule has 94 valence electrons. The number of nitrogens with zero attached hydrogens (tertiary/aromatic N) is 2. The van der Waals surface area contributed by atoms with Gasteiger partial charge in [0.05, 0.1) is 19.0 Å². The maximum atomic E-state index is 11.3. The Bertz CT molecular complexity index is 341. The minimum Gasteiger partial charge on any atom is -0.383 e. The number of methoxy groups -OCH3 is 1. The zero-order chi connectivity index (χ0) is 12.5. The van der Waals surface area contributed by atoms with E-state index < -0.39 is 0 Å². The molecule has 1 aromatic rings. The number of carbonyl (C=O) groups is 1. The number of rotatable bonds is 7. The van der Waals surface area contributed by atoms with Gasteiger partial charge in [0.15, 0.2) is 0 Å². The van der Waals surface area contributed by atoms with Crippen molar-refractivity contribution in [1.82, 2.24) is 15.3 Å². The predicted molar refractivity (Wildman–Crippen MR) is 64.4 cm³/mol. The number of nitrogens with two attached hydrogens (primary N) is 1. The number of amides is 1. The maximum Gasteiger partial charge on any atom is 0.221 e. The molecule has 0 atom stereocenters. The monoisotopic (exact) mass is 239 g/mol. The first kappa shape index (κ1) is 13.2. The molecule has 0 aliphatic carbocycles. The topological polar surface area (TPSA) is 102 Å². The van der Waals surface area contributed by atoms with E-state index in [1.807, 2.05) is 0 Å². The van der Waals surface area contributed by atoms with Crippen molar-refractivity contribution < 1.29 is 9.53 Å². The number of nitrogens with one attached hydrogen (secondary N) is 2. The Morgan fingerprint density at radius 2 is 2.24 bits per heavy atom. The number of ether oxygens (including phenoxy) is 1. The maximum absolute atomic E-state index is 11.3. The van der Waals surface area contributed by atoms with Crippen molar-refractivity contribution in [1.29, 1.82) is 0 Å². The summed E-state index contributed by atoms with van der Waals surface area (Å²) in [6.45, 7) is 1.54. The van der Waals surface area contributed by atoms with E-state index in [0.717, 1.165) is 0 Å². The molecule has 0 saturated heterocycles. The van der Waals surface area contributed by atoms with Gasteiger partial charge in [-0.2, -0.15) is 0 Å². The average molecular weight is 239 g/mol. The summed E-state index contributed by atoms with van der Waals surface area (Å²) in [6.07, 6.45) is 3.36. The summed E-state index contributed by atoms with van der Waals surface area (Å²) in [4.78, 5) is 19.2. The molecule has 0 aliphatic rings. The van der Waals surface area contributed by atoms with E-state index in [0.29, 0.717) is 37.8 Å². The minimum absolute atomic E-state index is 0.0297. The van der Waals surface area contributed by atoms with Crippen LogP contribution in [0.15, 0.2) is 12.4 Å². The lowest BCUT2D eigenvalue weighted by Gasteiger charge is -2.06. The van der Waals surface area contributed by atoms with Crippen molar-refractivity contribution in [2.24, 2.45) is 0 Å². The third-order valence-electron chi connectivity index (χ3n) is 1.96. The minimum atomic E-state index is -0.0297. The summed E-state index contributed by atoms with van der Waals surface area (Å²) < 4.78 is 4.82. The van der Waals surface area contributed by atoms with Gasteiger partial charge in [0.1, 0.15) is 11.6 Å². The van der Waals surface area contributed by atoms with Crippen LogP contribution in [0.1, 0.15) is 6.42 Å². The highest BCUT2D eigenvalue weighted by Gasteiger charge is 2.00. The quantitative estimate of drug-likeness (QED) is 0.561. The average Bonchev–Trinajstić information content (AvgIpc) is 2.32. The number of aromatic nitrogens is 2. The molecule has 1 amide bonds. The van der Waals surface area contributed by atoms with Gasteiger partial charge < -0.3 is 21.1 Å². The Morgan fingerprint density at radius 3 is 2.88 bits per heavy atom. The van der Waals surface area contributed by atoms with Crippen LogP contribution in [0.25, 0.3) is 0 Å². The zero-order valence-electron chi connectivity index (χ0n) is 9.77. The molecule has 7 nitrogen and oxygen atoms in total. The molecule has 17 heavy (non-hydrogen) atoms. The molecule has 4 N–H and O–H groups in total. The van der Waals surface area contributed by atoms with E-state index in [2.05, 4.69) is 20.6 Å². The number of hydrogen-bond donors (Lipinski definition) is 3. The standard InChI is InChI=1S/C10H17N5O2/c1-17-5-4-13-10(16)2-3-12-9-7-14-8(11)6-15-9/h6-7H,2-5H2,1H3,(H2,11,14)(H,12,15)(H,13,16). The molecule has 0 saturated carbocycles. The molecule has 0 radical (unpaired) electrons. The fourth-order valence-electron chi connectivity index (χ4n) is 1.11. The lowest BCUT2D eigenvalue weighted by Crippen LogP contribution is -2.28. The van der Waals surface area contributed by atoms with Crippen molar-refractivity contribution >= 4 is 17.5 Å². The number of nitrogen functional groups attached to an aromatic ring is 1. The van der Waals surface area contributed by atoms with E-state index in [1.165, 1.54) is 12.4 Å².